The lowest BCUT2D eigenvalue weighted by Gasteiger charge is -2.22. The summed E-state index contributed by atoms with van der Waals surface area (Å²) in [6.45, 7) is 7.35. The van der Waals surface area contributed by atoms with Crippen LogP contribution in [0.15, 0.2) is 12.2 Å². The van der Waals surface area contributed by atoms with Crippen molar-refractivity contribution in [2.24, 2.45) is 5.41 Å². The third kappa shape index (κ3) is 6.72. The van der Waals surface area contributed by atoms with Crippen LogP contribution in [-0.2, 0) is 28.6 Å². The molecule has 136 valence electrons. The van der Waals surface area contributed by atoms with E-state index in [-0.39, 0.29) is 32.0 Å². The fraction of sp³-hybridized carbons (Fsp3) is 0.722. The quantitative estimate of drug-likeness (QED) is 0.278. The van der Waals surface area contributed by atoms with Crippen molar-refractivity contribution in [1.82, 2.24) is 0 Å². The summed E-state index contributed by atoms with van der Waals surface area (Å²) >= 11 is 0. The van der Waals surface area contributed by atoms with E-state index in [0.29, 0.717) is 6.42 Å². The monoisotopic (exact) mass is 340 g/mol. The Balaban J connectivity index is 2.15. The molecule has 0 N–H and O–H groups in total. The lowest BCUT2D eigenvalue weighted by atomic mass is 9.91. The summed E-state index contributed by atoms with van der Waals surface area (Å²) < 4.78 is 15.4. The van der Waals surface area contributed by atoms with Crippen molar-refractivity contribution < 1.29 is 28.6 Å². The Morgan fingerprint density at radius 1 is 1.08 bits per heavy atom. The Morgan fingerprint density at radius 3 is 2.29 bits per heavy atom. The molecule has 0 fully saturated rings. The van der Waals surface area contributed by atoms with Crippen LogP contribution in [0.25, 0.3) is 0 Å². The van der Waals surface area contributed by atoms with Gasteiger partial charge < -0.3 is 14.2 Å². The average Bonchev–Trinajstić information content (AvgIpc) is 2.95. The Hall–Kier alpha value is -1.85. The maximum absolute atomic E-state index is 11.7. The number of carbonyl (C=O) groups excluding carboxylic acids is 3. The van der Waals surface area contributed by atoms with Gasteiger partial charge in [0.05, 0.1) is 18.3 Å². The lowest BCUT2D eigenvalue weighted by Crippen LogP contribution is -2.28. The van der Waals surface area contributed by atoms with Gasteiger partial charge in [0.2, 0.25) is 0 Å². The van der Waals surface area contributed by atoms with Gasteiger partial charge in [-0.1, -0.05) is 13.0 Å². The first-order valence-electron chi connectivity index (χ1n) is 8.41. The van der Waals surface area contributed by atoms with Gasteiger partial charge in [0.1, 0.15) is 18.8 Å². The summed E-state index contributed by atoms with van der Waals surface area (Å²) in [5, 5.41) is 0. The molecule has 6 heteroatoms. The molecule has 1 rings (SSSR count). The third-order valence-electron chi connectivity index (χ3n) is 4.17. The molecule has 0 aliphatic heterocycles. The molecule has 1 atom stereocenters. The fourth-order valence-corrected chi connectivity index (χ4v) is 2.09. The van der Waals surface area contributed by atoms with Crippen LogP contribution in [0.5, 0.6) is 0 Å². The average molecular weight is 340 g/mol. The van der Waals surface area contributed by atoms with Crippen molar-refractivity contribution in [3.8, 4) is 0 Å². The van der Waals surface area contributed by atoms with E-state index in [2.05, 4.69) is 0 Å². The van der Waals surface area contributed by atoms with Crippen LogP contribution in [-0.4, -0.2) is 36.7 Å². The lowest BCUT2D eigenvalue weighted by molar-refractivity contribution is -0.160. The second-order valence-corrected chi connectivity index (χ2v) is 6.82. The second-order valence-electron chi connectivity index (χ2n) is 6.82. The van der Waals surface area contributed by atoms with Gasteiger partial charge in [0.25, 0.3) is 0 Å². The van der Waals surface area contributed by atoms with Crippen molar-refractivity contribution in [3.05, 3.63) is 12.2 Å². The minimum absolute atomic E-state index is 0.0140. The van der Waals surface area contributed by atoms with E-state index in [0.717, 1.165) is 12.8 Å². The first-order chi connectivity index (χ1) is 11.2. The van der Waals surface area contributed by atoms with Crippen LogP contribution in [0.4, 0.5) is 0 Å². The molecular formula is C18H28O6. The van der Waals surface area contributed by atoms with Gasteiger partial charge in [-0.15, -0.1) is 0 Å². The smallest absolute Gasteiger partial charge is 0.311 e. The van der Waals surface area contributed by atoms with E-state index in [1.807, 2.05) is 26.0 Å². The standard InChI is InChI=1S/C18H28O6/c1-5-17(2,3)16(21)23-13-12-22-14(19)8-9-15(20)24-18(4)10-6-7-11-18/h6,10H,5,7-9,11-13H2,1-4H3. The van der Waals surface area contributed by atoms with E-state index in [4.69, 9.17) is 14.2 Å². The van der Waals surface area contributed by atoms with Gasteiger partial charge >= 0.3 is 17.9 Å². The van der Waals surface area contributed by atoms with Crippen LogP contribution in [0.2, 0.25) is 0 Å². The number of allylic oxidation sites excluding steroid dienone is 1. The molecule has 0 heterocycles. The molecule has 0 bridgehead atoms. The van der Waals surface area contributed by atoms with Crippen LogP contribution in [0.3, 0.4) is 0 Å². The molecule has 1 unspecified atom stereocenters. The van der Waals surface area contributed by atoms with Gasteiger partial charge in [-0.25, -0.2) is 0 Å². The maximum atomic E-state index is 11.7. The molecule has 0 radical (unpaired) electrons. The molecule has 0 spiro atoms. The molecule has 1 aliphatic carbocycles. The largest absolute Gasteiger partial charge is 0.462 e. The fourth-order valence-electron chi connectivity index (χ4n) is 2.09. The van der Waals surface area contributed by atoms with Crippen LogP contribution < -0.4 is 0 Å². The van der Waals surface area contributed by atoms with E-state index in [1.54, 1.807) is 13.8 Å². The van der Waals surface area contributed by atoms with Gasteiger partial charge in [-0.05, 0) is 46.1 Å². The normalized spacial score (nSPS) is 19.8. The van der Waals surface area contributed by atoms with Gasteiger partial charge in [-0.3, -0.25) is 14.4 Å². The summed E-state index contributed by atoms with van der Waals surface area (Å²) in [4.78, 5) is 35.0. The molecule has 1 aliphatic rings. The number of carbonyl (C=O) groups is 3. The Bertz CT molecular complexity index is 494. The number of esters is 3. The predicted molar refractivity (Wildman–Crippen MR) is 88.1 cm³/mol. The van der Waals surface area contributed by atoms with Crippen LogP contribution in [0.1, 0.15) is 59.8 Å². The summed E-state index contributed by atoms with van der Waals surface area (Å²) in [6.07, 6.45) is 6.10. The van der Waals surface area contributed by atoms with Gasteiger partial charge in [-0.2, -0.15) is 0 Å². The molecule has 6 nitrogen and oxygen atoms in total. The highest BCUT2D eigenvalue weighted by molar-refractivity contribution is 5.78. The van der Waals surface area contributed by atoms with Crippen molar-refractivity contribution in [2.75, 3.05) is 13.2 Å². The minimum atomic E-state index is -0.554. The molecule has 0 saturated carbocycles. The molecular weight excluding hydrogens is 312 g/mol. The second kappa shape index (κ2) is 8.85. The highest BCUT2D eigenvalue weighted by Crippen LogP contribution is 2.26. The molecule has 0 saturated heterocycles. The maximum Gasteiger partial charge on any atom is 0.311 e. The molecule has 0 amide bonds. The number of rotatable bonds is 9. The van der Waals surface area contributed by atoms with Gasteiger partial charge in [0.15, 0.2) is 0 Å². The number of hydrogen-bond acceptors (Lipinski definition) is 6. The van der Waals surface area contributed by atoms with Gasteiger partial charge in [0, 0.05) is 0 Å². The molecule has 0 aromatic rings. The van der Waals surface area contributed by atoms with E-state index in [9.17, 15) is 14.4 Å². The van der Waals surface area contributed by atoms with E-state index >= 15 is 0 Å². The third-order valence-corrected chi connectivity index (χ3v) is 4.17. The summed E-state index contributed by atoms with van der Waals surface area (Å²) in [7, 11) is 0. The zero-order chi connectivity index (χ0) is 18.2. The van der Waals surface area contributed by atoms with Crippen molar-refractivity contribution >= 4 is 17.9 Å². The number of ether oxygens (including phenoxy) is 3. The van der Waals surface area contributed by atoms with Crippen molar-refractivity contribution in [2.45, 2.75) is 65.4 Å². The highest BCUT2D eigenvalue weighted by Gasteiger charge is 2.28. The van der Waals surface area contributed by atoms with Crippen molar-refractivity contribution in [3.63, 3.8) is 0 Å². The Morgan fingerprint density at radius 2 is 1.71 bits per heavy atom. The van der Waals surface area contributed by atoms with E-state index in [1.165, 1.54) is 0 Å². The van der Waals surface area contributed by atoms with Crippen molar-refractivity contribution in [1.29, 1.82) is 0 Å². The minimum Gasteiger partial charge on any atom is -0.462 e. The molecule has 0 aromatic heterocycles. The first-order valence-corrected chi connectivity index (χ1v) is 8.41. The zero-order valence-corrected chi connectivity index (χ0v) is 15.1. The molecule has 0 aromatic carbocycles. The Kier molecular flexibility index (Phi) is 7.45. The SMILES string of the molecule is CCC(C)(C)C(=O)OCCOC(=O)CCC(=O)OC1(C)C=CCC1. The van der Waals surface area contributed by atoms with Crippen LogP contribution >= 0.6 is 0 Å². The van der Waals surface area contributed by atoms with E-state index < -0.39 is 23.0 Å². The zero-order valence-electron chi connectivity index (χ0n) is 15.1. The highest BCUT2D eigenvalue weighted by atomic mass is 16.6. The Labute approximate surface area is 143 Å². The summed E-state index contributed by atoms with van der Waals surface area (Å²) in [5.74, 6) is -1.25. The molecule has 24 heavy (non-hydrogen) atoms. The van der Waals surface area contributed by atoms with Crippen LogP contribution in [0, 0.1) is 5.41 Å². The first kappa shape index (κ1) is 20.2. The summed E-state index contributed by atoms with van der Waals surface area (Å²) in [5.41, 5.74) is -1.10. The summed E-state index contributed by atoms with van der Waals surface area (Å²) in [6, 6.07) is 0. The predicted octanol–water partition coefficient (Wildman–Crippen LogP) is 2.94. The topological polar surface area (TPSA) is 78.9 Å². The number of hydrogen-bond donors (Lipinski definition) is 0.